The van der Waals surface area contributed by atoms with Gasteiger partial charge in [-0.2, -0.15) is 0 Å². The van der Waals surface area contributed by atoms with E-state index in [0.717, 1.165) is 24.9 Å². The summed E-state index contributed by atoms with van der Waals surface area (Å²) in [7, 11) is -4.06. The average molecular weight is 893 g/mol. The number of hydrogen-bond donors (Lipinski definition) is 3. The van der Waals surface area contributed by atoms with E-state index in [2.05, 4.69) is 20.3 Å². The lowest BCUT2D eigenvalue weighted by molar-refractivity contribution is -0.152. The topological polar surface area (TPSA) is 186 Å². The van der Waals surface area contributed by atoms with Crippen molar-refractivity contribution in [3.8, 4) is 5.88 Å². The third-order valence-electron chi connectivity index (χ3n) is 13.7. The normalized spacial score (nSPS) is 29.9. The summed E-state index contributed by atoms with van der Waals surface area (Å²) >= 11 is 0. The van der Waals surface area contributed by atoms with Crippen LogP contribution < -0.4 is 25.0 Å². The molecule has 4 amide bonds. The zero-order valence-corrected chi connectivity index (χ0v) is 37.2. The van der Waals surface area contributed by atoms with Crippen LogP contribution in [0.1, 0.15) is 97.2 Å². The zero-order valence-electron chi connectivity index (χ0n) is 36.4. The maximum Gasteiger partial charge on any atom is 0.408 e. The lowest BCUT2D eigenvalue weighted by atomic mass is 9.85. The van der Waals surface area contributed by atoms with Crippen LogP contribution in [-0.4, -0.2) is 115 Å². The molecule has 1 aromatic carbocycles. The first-order chi connectivity index (χ1) is 29.2. The Hall–Kier alpha value is -4.58. The summed E-state index contributed by atoms with van der Waals surface area (Å²) in [6.45, 7) is 10.6. The molecule has 2 saturated heterocycles. The molecule has 4 heterocycles. The third-order valence-corrected chi connectivity index (χ3v) is 15.8. The van der Waals surface area contributed by atoms with E-state index in [9.17, 15) is 31.6 Å². The Bertz CT molecular complexity index is 2210. The maximum atomic E-state index is 15.1. The van der Waals surface area contributed by atoms with E-state index in [0.29, 0.717) is 77.1 Å². The second-order valence-electron chi connectivity index (χ2n) is 18.7. The second-order valence-corrected chi connectivity index (χ2v) is 20.9. The van der Waals surface area contributed by atoms with Gasteiger partial charge in [0.25, 0.3) is 11.8 Å². The number of pyridine rings is 1. The van der Waals surface area contributed by atoms with Gasteiger partial charge in [0, 0.05) is 47.4 Å². The predicted octanol–water partition coefficient (Wildman–Crippen LogP) is 5.96. The number of rotatable bonds is 10. The summed E-state index contributed by atoms with van der Waals surface area (Å²) in [5.74, 6) is -6.34. The van der Waals surface area contributed by atoms with Crippen molar-refractivity contribution in [2.45, 2.75) is 133 Å². The molecule has 4 fully saturated rings. The van der Waals surface area contributed by atoms with Crippen LogP contribution >= 0.6 is 0 Å². The van der Waals surface area contributed by atoms with Crippen LogP contribution in [0.25, 0.3) is 10.8 Å². The number of allylic oxidation sites excluding steroid dienone is 1. The first-order valence-corrected chi connectivity index (χ1v) is 23.3. The first kappa shape index (κ1) is 45.4. The van der Waals surface area contributed by atoms with E-state index < -0.39 is 85.7 Å². The fourth-order valence-corrected chi connectivity index (χ4v) is 10.1. The number of nitrogens with zero attached hydrogens (tertiary/aromatic N) is 3. The molecule has 7 rings (SSSR count). The number of ether oxygens (including phenoxy) is 3. The van der Waals surface area contributed by atoms with Crippen LogP contribution in [0.2, 0.25) is 0 Å². The number of morpholine rings is 1. The van der Waals surface area contributed by atoms with Gasteiger partial charge in [-0.15, -0.1) is 0 Å². The summed E-state index contributed by atoms with van der Waals surface area (Å²) in [6, 6.07) is 5.08. The highest BCUT2D eigenvalue weighted by molar-refractivity contribution is 7.91. The monoisotopic (exact) mass is 892 g/mol. The fourth-order valence-electron chi connectivity index (χ4n) is 8.75. The van der Waals surface area contributed by atoms with Gasteiger partial charge in [-0.25, -0.2) is 27.0 Å². The van der Waals surface area contributed by atoms with Gasteiger partial charge in [0.05, 0.1) is 36.4 Å². The number of anilines is 1. The number of aromatic nitrogens is 1. The van der Waals surface area contributed by atoms with Gasteiger partial charge in [0.1, 0.15) is 23.7 Å². The molecular weight excluding hydrogens is 827 g/mol. The van der Waals surface area contributed by atoms with Gasteiger partial charge in [0.15, 0.2) is 5.60 Å². The smallest absolute Gasteiger partial charge is 0.408 e. The molecule has 2 aliphatic carbocycles. The molecule has 3 aliphatic heterocycles. The highest BCUT2D eigenvalue weighted by Gasteiger charge is 2.63. The fraction of sp³-hybridized carbons (Fsp3) is 0.659. The number of alkyl halides is 2. The van der Waals surface area contributed by atoms with Crippen LogP contribution in [0, 0.1) is 17.8 Å². The Kier molecular flexibility index (Phi) is 12.6. The van der Waals surface area contributed by atoms with Crippen molar-refractivity contribution in [3.05, 3.63) is 42.6 Å². The highest BCUT2D eigenvalue weighted by Crippen LogP contribution is 2.48. The summed E-state index contributed by atoms with van der Waals surface area (Å²) in [4.78, 5) is 65.6. The van der Waals surface area contributed by atoms with Crippen LogP contribution in [0.3, 0.4) is 0 Å². The Labute approximate surface area is 366 Å². The van der Waals surface area contributed by atoms with Crippen LogP contribution in [-0.2, 0) is 33.9 Å². The minimum Gasteiger partial charge on any atom is -0.472 e. The van der Waals surface area contributed by atoms with Gasteiger partial charge in [-0.1, -0.05) is 50.6 Å². The maximum absolute atomic E-state index is 15.1. The number of carbonyl (C=O) groups is 4. The number of benzene rings is 1. The van der Waals surface area contributed by atoms with Crippen molar-refractivity contribution in [2.75, 3.05) is 37.7 Å². The van der Waals surface area contributed by atoms with Crippen molar-refractivity contribution in [3.63, 3.8) is 0 Å². The van der Waals surface area contributed by atoms with E-state index in [1.807, 2.05) is 50.3 Å². The van der Waals surface area contributed by atoms with Crippen molar-refractivity contribution in [1.82, 2.24) is 25.2 Å². The number of fused-ring (bicyclic) bond motifs is 3. The molecular formula is C44H66F2N6O9S. The second kappa shape index (κ2) is 17.2. The highest BCUT2D eigenvalue weighted by atomic mass is 32.2. The Morgan fingerprint density at radius 3 is 2.45 bits per heavy atom. The predicted molar refractivity (Wildman–Crippen MR) is 233 cm³/mol. The molecule has 7 atom stereocenters. The Morgan fingerprint density at radius 2 is 1.79 bits per heavy atom. The lowest BCUT2D eigenvalue weighted by Gasteiger charge is -2.35. The van der Waals surface area contributed by atoms with Crippen molar-refractivity contribution < 1.29 is 54.9 Å². The summed E-state index contributed by atoms with van der Waals surface area (Å²) in [5.41, 5.74) is -2.92. The van der Waals surface area contributed by atoms with E-state index in [1.54, 1.807) is 13.1 Å². The van der Waals surface area contributed by atoms with Gasteiger partial charge < -0.3 is 34.6 Å². The van der Waals surface area contributed by atoms with Crippen LogP contribution in [0.5, 0.6) is 5.88 Å². The minimum absolute atomic E-state index is 0. The molecule has 62 heavy (non-hydrogen) atoms. The number of sulfonamides is 1. The molecule has 3 N–H and O–H groups in total. The standard InChI is InChI=1S/C44H60F2N6O9S.3H2/c1-7-28-22-27(2)12-8-9-13-29-24-44(29,39(55)50-62(57,58)42(5)16-17-42)49-36(53)33-23-30(26-52(33)38(54)35(28)48-40(56)61-41(3,4)43(6,45)46)60-37-32-15-11-10-14-31(32)34(25-47-37)51-18-20-59-21-19-51;;;/h9-11,13-15,25,27-30,33,35H,7-8,12,16-24,26H2,1-6H3,(H,48,56)(H,49,53)(H,50,55);3*1H/b13-9-;;;/t27-,28+,29+,30+,33-,35-,44+;;;/m0.../s1. The third kappa shape index (κ3) is 9.22. The molecule has 1 aromatic heterocycles. The molecule has 2 saturated carbocycles. The summed E-state index contributed by atoms with van der Waals surface area (Å²) in [5, 5.41) is 7.10. The van der Waals surface area contributed by atoms with Gasteiger partial charge in [0.2, 0.25) is 27.7 Å². The van der Waals surface area contributed by atoms with E-state index in [-0.39, 0.29) is 35.5 Å². The number of nitrogens with one attached hydrogen (secondary N) is 3. The van der Waals surface area contributed by atoms with Gasteiger partial charge in [-0.3, -0.25) is 19.1 Å². The Balaban J connectivity index is 0.00000308. The van der Waals surface area contributed by atoms with Crippen molar-refractivity contribution in [1.29, 1.82) is 0 Å². The number of hydrogen-bond acceptors (Lipinski definition) is 11. The molecule has 0 spiro atoms. The Morgan fingerprint density at radius 1 is 1.10 bits per heavy atom. The minimum atomic E-state index is -4.06. The van der Waals surface area contributed by atoms with Gasteiger partial charge in [-0.05, 0) is 77.2 Å². The SMILES string of the molecule is CC[C@@H]1C[C@@H](C)CC/C=C\[C@@H]2C[C@@]2(C(=O)NS(=O)(=O)C2(C)CC2)NC(=O)[C@@H]2C[C@@H](Oc3ncc(N4CCOCC4)c4ccccc34)CN2C(=O)[C@H]1NC(=O)OC(C)(C)C(C)(F)F.[HH].[HH].[HH]. The number of alkyl carbamates (subject to hydrolysis) is 1. The average Bonchev–Trinajstić information content (AvgIpc) is 4.10. The van der Waals surface area contributed by atoms with Crippen molar-refractivity contribution >= 4 is 50.3 Å². The number of carbonyl (C=O) groups excluding carboxylic acids is 4. The molecule has 346 valence electrons. The largest absolute Gasteiger partial charge is 0.472 e. The van der Waals surface area contributed by atoms with E-state index in [4.69, 9.17) is 19.2 Å². The molecule has 0 radical (unpaired) electrons. The number of amides is 4. The first-order valence-electron chi connectivity index (χ1n) is 21.8. The van der Waals surface area contributed by atoms with Crippen molar-refractivity contribution in [2.24, 2.45) is 17.8 Å². The van der Waals surface area contributed by atoms with E-state index >= 15 is 4.79 Å². The molecule has 15 nitrogen and oxygen atoms in total. The molecule has 2 aromatic rings. The molecule has 18 heteroatoms. The summed E-state index contributed by atoms with van der Waals surface area (Å²) in [6.07, 6.45) is 6.50. The van der Waals surface area contributed by atoms with Gasteiger partial charge >= 0.3 is 6.09 Å². The quantitative estimate of drug-likeness (QED) is 0.239. The van der Waals surface area contributed by atoms with Crippen LogP contribution in [0.4, 0.5) is 19.3 Å². The molecule has 0 unspecified atom stereocenters. The summed E-state index contributed by atoms with van der Waals surface area (Å²) < 4.78 is 74.2. The zero-order chi connectivity index (χ0) is 44.8. The molecule has 0 bridgehead atoms. The lowest BCUT2D eigenvalue weighted by Crippen LogP contribution is -2.60. The number of halogens is 2. The molecule has 5 aliphatic rings. The van der Waals surface area contributed by atoms with Crippen LogP contribution in [0.15, 0.2) is 42.6 Å². The van der Waals surface area contributed by atoms with E-state index in [1.165, 1.54) is 4.90 Å².